The smallest absolute Gasteiger partial charge is 0.314 e. The third kappa shape index (κ3) is 4.24. The molecule has 2 heterocycles. The molecule has 0 bridgehead atoms. The van der Waals surface area contributed by atoms with E-state index in [2.05, 4.69) is 40.6 Å². The molecule has 0 aliphatic heterocycles. The number of anilines is 2. The van der Waals surface area contributed by atoms with Gasteiger partial charge in [0.25, 0.3) is 0 Å². The molecule has 188 valence electrons. The molecule has 0 saturated heterocycles. The van der Waals surface area contributed by atoms with E-state index in [0.717, 1.165) is 50.4 Å². The van der Waals surface area contributed by atoms with Crippen LogP contribution in [0.4, 0.5) is 11.4 Å². The maximum absolute atomic E-state index is 11.6. The zero-order valence-electron chi connectivity index (χ0n) is 21.2. The maximum Gasteiger partial charge on any atom is 0.314 e. The van der Waals surface area contributed by atoms with Crippen molar-refractivity contribution in [2.24, 2.45) is 0 Å². The number of hydrogen-bond acceptors (Lipinski definition) is 5. The molecular weight excluding hydrogens is 474 g/mol. The number of aryl methyl sites for hydroxylation is 2. The molecule has 0 atom stereocenters. The molecular formula is C32H27N3O3. The van der Waals surface area contributed by atoms with Crippen molar-refractivity contribution in [1.82, 2.24) is 10.1 Å². The van der Waals surface area contributed by atoms with E-state index in [1.54, 1.807) is 6.20 Å². The molecule has 0 spiro atoms. The molecule has 6 rings (SSSR count). The second-order valence-corrected chi connectivity index (χ2v) is 9.91. The number of aliphatic carboxylic acids is 1. The number of benzene rings is 3. The molecule has 2 aromatic heterocycles. The number of hydrogen-bond donors (Lipinski definition) is 2. The SMILES string of the molecule is Cc1ccccc1-c1cncc(Nc2c(-c3ccc(-c4ccc(C5(C(=O)O)CC5)cc4)cc3)noc2C)c1. The Morgan fingerprint density at radius 1 is 0.868 bits per heavy atom. The fourth-order valence-electron chi connectivity index (χ4n) is 4.97. The van der Waals surface area contributed by atoms with Crippen LogP contribution in [-0.2, 0) is 10.2 Å². The van der Waals surface area contributed by atoms with Crippen molar-refractivity contribution in [1.29, 1.82) is 0 Å². The summed E-state index contributed by atoms with van der Waals surface area (Å²) in [4.78, 5) is 16.1. The van der Waals surface area contributed by atoms with E-state index in [-0.39, 0.29) is 0 Å². The Labute approximate surface area is 221 Å². The summed E-state index contributed by atoms with van der Waals surface area (Å²) in [5, 5.41) is 17.3. The van der Waals surface area contributed by atoms with Gasteiger partial charge >= 0.3 is 5.97 Å². The zero-order valence-corrected chi connectivity index (χ0v) is 21.2. The van der Waals surface area contributed by atoms with Gasteiger partial charge in [0.15, 0.2) is 5.76 Å². The minimum absolute atomic E-state index is 0.688. The number of rotatable bonds is 7. The average Bonchev–Trinajstić information content (AvgIpc) is 3.69. The van der Waals surface area contributed by atoms with Crippen LogP contribution in [-0.4, -0.2) is 21.2 Å². The van der Waals surface area contributed by atoms with Crippen LogP contribution in [0.3, 0.4) is 0 Å². The second-order valence-electron chi connectivity index (χ2n) is 9.91. The summed E-state index contributed by atoms with van der Waals surface area (Å²) in [5.41, 5.74) is 8.95. The molecule has 6 heteroatoms. The molecule has 1 aliphatic rings. The number of aromatic nitrogens is 2. The van der Waals surface area contributed by atoms with Gasteiger partial charge in [-0.3, -0.25) is 9.78 Å². The van der Waals surface area contributed by atoms with E-state index in [1.807, 2.05) is 73.8 Å². The number of pyridine rings is 1. The van der Waals surface area contributed by atoms with E-state index in [9.17, 15) is 9.90 Å². The Bertz CT molecular complexity index is 1630. The highest BCUT2D eigenvalue weighted by Crippen LogP contribution is 2.48. The molecule has 0 amide bonds. The van der Waals surface area contributed by atoms with Crippen LogP contribution in [0.2, 0.25) is 0 Å². The lowest BCUT2D eigenvalue weighted by molar-refractivity contribution is -0.140. The van der Waals surface area contributed by atoms with Crippen molar-refractivity contribution in [2.45, 2.75) is 32.1 Å². The highest BCUT2D eigenvalue weighted by Gasteiger charge is 2.51. The molecule has 1 saturated carbocycles. The fourth-order valence-corrected chi connectivity index (χ4v) is 4.97. The molecule has 0 unspecified atom stereocenters. The van der Waals surface area contributed by atoms with Crippen LogP contribution in [0.5, 0.6) is 0 Å². The summed E-state index contributed by atoms with van der Waals surface area (Å²) in [7, 11) is 0. The van der Waals surface area contributed by atoms with Crippen LogP contribution in [0.25, 0.3) is 33.5 Å². The molecule has 3 aromatic carbocycles. The van der Waals surface area contributed by atoms with Gasteiger partial charge in [-0.05, 0) is 60.6 Å². The van der Waals surface area contributed by atoms with E-state index in [4.69, 9.17) is 4.52 Å². The van der Waals surface area contributed by atoms with Crippen LogP contribution >= 0.6 is 0 Å². The Balaban J connectivity index is 1.25. The molecule has 1 fully saturated rings. The molecule has 38 heavy (non-hydrogen) atoms. The topological polar surface area (TPSA) is 88.2 Å². The first-order valence-electron chi connectivity index (χ1n) is 12.6. The van der Waals surface area contributed by atoms with E-state index in [0.29, 0.717) is 18.6 Å². The maximum atomic E-state index is 11.6. The highest BCUT2D eigenvalue weighted by atomic mass is 16.5. The predicted octanol–water partition coefficient (Wildman–Crippen LogP) is 7.55. The van der Waals surface area contributed by atoms with Gasteiger partial charge in [-0.2, -0.15) is 0 Å². The number of carboxylic acid groups (broad SMARTS) is 1. The number of nitrogens with one attached hydrogen (secondary N) is 1. The molecule has 2 N–H and O–H groups in total. The third-order valence-corrected chi connectivity index (χ3v) is 7.41. The first-order valence-corrected chi connectivity index (χ1v) is 12.6. The van der Waals surface area contributed by atoms with E-state index >= 15 is 0 Å². The van der Waals surface area contributed by atoms with Crippen molar-refractivity contribution in [3.8, 4) is 33.5 Å². The van der Waals surface area contributed by atoms with Gasteiger partial charge in [-0.25, -0.2) is 0 Å². The van der Waals surface area contributed by atoms with Crippen molar-refractivity contribution in [2.75, 3.05) is 5.32 Å². The largest absolute Gasteiger partial charge is 0.481 e. The van der Waals surface area contributed by atoms with Crippen LogP contribution in [0, 0.1) is 13.8 Å². The van der Waals surface area contributed by atoms with Crippen molar-refractivity contribution < 1.29 is 14.4 Å². The Hall–Kier alpha value is -4.71. The summed E-state index contributed by atoms with van der Waals surface area (Å²) >= 11 is 0. The summed E-state index contributed by atoms with van der Waals surface area (Å²) in [5.74, 6) is -0.0481. The molecule has 0 radical (unpaired) electrons. The summed E-state index contributed by atoms with van der Waals surface area (Å²) in [6.07, 6.45) is 5.07. The van der Waals surface area contributed by atoms with E-state index < -0.39 is 11.4 Å². The van der Waals surface area contributed by atoms with E-state index in [1.165, 1.54) is 5.56 Å². The van der Waals surface area contributed by atoms with Crippen molar-refractivity contribution in [3.05, 3.63) is 108 Å². The lowest BCUT2D eigenvalue weighted by Crippen LogP contribution is -2.19. The second kappa shape index (κ2) is 9.30. The monoisotopic (exact) mass is 501 g/mol. The first-order chi connectivity index (χ1) is 18.4. The Morgan fingerprint density at radius 2 is 1.53 bits per heavy atom. The fraction of sp³-hybridized carbons (Fsp3) is 0.156. The van der Waals surface area contributed by atoms with Crippen molar-refractivity contribution in [3.63, 3.8) is 0 Å². The lowest BCUT2D eigenvalue weighted by atomic mass is 9.93. The zero-order chi connectivity index (χ0) is 26.3. The standard InChI is InChI=1S/C32H27N3O3/c1-20-5-3-4-6-28(20)25-17-27(19-33-18-25)34-29-21(2)38-35-30(29)24-9-7-22(8-10-24)23-11-13-26(14-12-23)32(15-16-32)31(36)37/h3-14,17-19,34H,15-16H2,1-2H3,(H,36,37). The summed E-state index contributed by atoms with van der Waals surface area (Å²) < 4.78 is 5.56. The lowest BCUT2D eigenvalue weighted by Gasteiger charge is -2.11. The first kappa shape index (κ1) is 23.7. The highest BCUT2D eigenvalue weighted by molar-refractivity contribution is 5.85. The minimum atomic E-state index is -0.736. The molecule has 1 aliphatic carbocycles. The minimum Gasteiger partial charge on any atom is -0.481 e. The third-order valence-electron chi connectivity index (χ3n) is 7.41. The Morgan fingerprint density at radius 3 is 2.18 bits per heavy atom. The number of nitrogens with zero attached hydrogens (tertiary/aromatic N) is 2. The quantitative estimate of drug-likeness (QED) is 0.239. The van der Waals surface area contributed by atoms with Crippen LogP contribution in [0.1, 0.15) is 29.7 Å². The average molecular weight is 502 g/mol. The van der Waals surface area contributed by atoms with Gasteiger partial charge in [0, 0.05) is 17.3 Å². The molecule has 5 aromatic rings. The number of carbonyl (C=O) groups is 1. The van der Waals surface area contributed by atoms with Crippen LogP contribution < -0.4 is 5.32 Å². The van der Waals surface area contributed by atoms with Gasteiger partial charge in [-0.15, -0.1) is 0 Å². The number of carboxylic acids is 1. The van der Waals surface area contributed by atoms with Crippen LogP contribution in [0.15, 0.2) is 95.8 Å². The van der Waals surface area contributed by atoms with Gasteiger partial charge in [0.1, 0.15) is 11.4 Å². The van der Waals surface area contributed by atoms with Gasteiger partial charge < -0.3 is 14.9 Å². The Kier molecular flexibility index (Phi) is 5.80. The van der Waals surface area contributed by atoms with Gasteiger partial charge in [-0.1, -0.05) is 78.0 Å². The summed E-state index contributed by atoms with van der Waals surface area (Å²) in [6, 6.07) is 26.3. The normalized spacial score (nSPS) is 13.7. The van der Waals surface area contributed by atoms with Gasteiger partial charge in [0.2, 0.25) is 0 Å². The van der Waals surface area contributed by atoms with Crippen molar-refractivity contribution >= 4 is 17.3 Å². The predicted molar refractivity (Wildman–Crippen MR) is 148 cm³/mol. The molecule has 6 nitrogen and oxygen atoms in total. The van der Waals surface area contributed by atoms with Gasteiger partial charge in [0.05, 0.1) is 17.3 Å². The summed E-state index contributed by atoms with van der Waals surface area (Å²) in [6.45, 7) is 3.98.